The van der Waals surface area contributed by atoms with Gasteiger partial charge in [0.15, 0.2) is 6.29 Å². The van der Waals surface area contributed by atoms with E-state index in [4.69, 9.17) is 4.42 Å². The summed E-state index contributed by atoms with van der Waals surface area (Å²) in [6, 6.07) is 13.9. The number of piperidine rings is 1. The van der Waals surface area contributed by atoms with Gasteiger partial charge in [0, 0.05) is 29.5 Å². The highest BCUT2D eigenvalue weighted by Crippen LogP contribution is 2.19. The van der Waals surface area contributed by atoms with E-state index in [9.17, 15) is 19.2 Å². The smallest absolute Gasteiger partial charge is 0.252 e. The molecule has 2 heterocycles. The predicted molar refractivity (Wildman–Crippen MR) is 112 cm³/mol. The molecule has 158 valence electrons. The molecule has 1 unspecified atom stereocenters. The first kappa shape index (κ1) is 20.5. The number of para-hydroxylation sites is 1. The molecule has 8 heteroatoms. The summed E-state index contributed by atoms with van der Waals surface area (Å²) in [7, 11) is 0. The molecule has 1 aliphatic rings. The molecule has 1 fully saturated rings. The maximum Gasteiger partial charge on any atom is 0.252 e. The van der Waals surface area contributed by atoms with E-state index >= 15 is 0 Å². The second-order valence-electron chi connectivity index (χ2n) is 7.37. The summed E-state index contributed by atoms with van der Waals surface area (Å²) in [6.45, 7) is 0.996. The molecule has 8 nitrogen and oxygen atoms in total. The number of furan rings is 1. The third-order valence-electron chi connectivity index (χ3n) is 5.14. The molecular formula is C23H21N3O5. The number of carbonyl (C=O) groups excluding carboxylic acids is 4. The zero-order valence-electron chi connectivity index (χ0n) is 16.6. The van der Waals surface area contributed by atoms with Crippen molar-refractivity contribution in [2.45, 2.75) is 32.0 Å². The fourth-order valence-corrected chi connectivity index (χ4v) is 3.55. The monoisotopic (exact) mass is 419 g/mol. The lowest BCUT2D eigenvalue weighted by Crippen LogP contribution is -2.52. The van der Waals surface area contributed by atoms with Crippen molar-refractivity contribution in [3.63, 3.8) is 0 Å². The molecule has 4 rings (SSSR count). The number of benzene rings is 2. The van der Waals surface area contributed by atoms with Crippen LogP contribution in [0.25, 0.3) is 11.0 Å². The van der Waals surface area contributed by atoms with Crippen molar-refractivity contribution in [1.82, 2.24) is 16.0 Å². The summed E-state index contributed by atoms with van der Waals surface area (Å²) >= 11 is 0. The first-order chi connectivity index (χ1) is 15.0. The minimum Gasteiger partial charge on any atom is -0.460 e. The second kappa shape index (κ2) is 8.93. The molecule has 31 heavy (non-hydrogen) atoms. The van der Waals surface area contributed by atoms with Gasteiger partial charge in [0.2, 0.25) is 11.8 Å². The zero-order chi connectivity index (χ0) is 21.8. The number of hydrogen-bond acceptors (Lipinski definition) is 6. The Morgan fingerprint density at radius 3 is 2.74 bits per heavy atom. The van der Waals surface area contributed by atoms with Crippen LogP contribution in [0.4, 0.5) is 0 Å². The van der Waals surface area contributed by atoms with Gasteiger partial charge in [-0.2, -0.15) is 0 Å². The van der Waals surface area contributed by atoms with E-state index in [1.165, 1.54) is 0 Å². The molecular weight excluding hydrogens is 398 g/mol. The SMILES string of the molecule is O=Cc1cc(CNCc2cc3ccccc3o2)ccc1C(=O)NC1CCC(=O)NC1=O. The van der Waals surface area contributed by atoms with Crippen molar-refractivity contribution in [3.05, 3.63) is 71.0 Å². The Morgan fingerprint density at radius 2 is 1.97 bits per heavy atom. The number of carbonyl (C=O) groups is 4. The van der Waals surface area contributed by atoms with Crippen molar-refractivity contribution < 1.29 is 23.6 Å². The average Bonchev–Trinajstić information content (AvgIpc) is 3.18. The largest absolute Gasteiger partial charge is 0.460 e. The maximum absolute atomic E-state index is 12.6. The highest BCUT2D eigenvalue weighted by molar-refractivity contribution is 6.06. The molecule has 3 aromatic rings. The molecule has 1 saturated heterocycles. The fraction of sp³-hybridized carbons (Fsp3) is 0.217. The topological polar surface area (TPSA) is 118 Å². The predicted octanol–water partition coefficient (Wildman–Crippen LogP) is 2.07. The fourth-order valence-electron chi connectivity index (χ4n) is 3.55. The number of nitrogens with one attached hydrogen (secondary N) is 3. The first-order valence-corrected chi connectivity index (χ1v) is 9.94. The molecule has 1 aromatic heterocycles. The minimum atomic E-state index is -0.796. The summed E-state index contributed by atoms with van der Waals surface area (Å²) in [5.41, 5.74) is 2.07. The molecule has 0 aliphatic carbocycles. The number of fused-ring (bicyclic) bond motifs is 1. The molecule has 1 aliphatic heterocycles. The number of aldehydes is 1. The normalized spacial score (nSPS) is 16.2. The minimum absolute atomic E-state index is 0.160. The van der Waals surface area contributed by atoms with Gasteiger partial charge in [-0.15, -0.1) is 0 Å². The van der Waals surface area contributed by atoms with Gasteiger partial charge in [-0.3, -0.25) is 24.5 Å². The molecule has 3 N–H and O–H groups in total. The van der Waals surface area contributed by atoms with Crippen LogP contribution in [0.3, 0.4) is 0 Å². The van der Waals surface area contributed by atoms with E-state index in [1.54, 1.807) is 18.2 Å². The van der Waals surface area contributed by atoms with E-state index in [0.29, 0.717) is 19.4 Å². The number of hydrogen-bond donors (Lipinski definition) is 3. The molecule has 1 atom stereocenters. The third kappa shape index (κ3) is 4.70. The van der Waals surface area contributed by atoms with Crippen LogP contribution in [0, 0.1) is 0 Å². The molecule has 3 amide bonds. The Balaban J connectivity index is 1.38. The highest BCUT2D eigenvalue weighted by Gasteiger charge is 2.28. The summed E-state index contributed by atoms with van der Waals surface area (Å²) in [6.07, 6.45) is 1.01. The molecule has 2 aromatic carbocycles. The van der Waals surface area contributed by atoms with Gasteiger partial charge in [0.1, 0.15) is 17.4 Å². The summed E-state index contributed by atoms with van der Waals surface area (Å²) < 4.78 is 5.76. The van der Waals surface area contributed by atoms with E-state index in [2.05, 4.69) is 16.0 Å². The summed E-state index contributed by atoms with van der Waals surface area (Å²) in [5, 5.41) is 9.07. The van der Waals surface area contributed by atoms with Crippen LogP contribution in [0.2, 0.25) is 0 Å². The third-order valence-corrected chi connectivity index (χ3v) is 5.14. The Bertz CT molecular complexity index is 1130. The average molecular weight is 419 g/mol. The van der Waals surface area contributed by atoms with Gasteiger partial charge in [-0.25, -0.2) is 0 Å². The molecule has 0 radical (unpaired) electrons. The van der Waals surface area contributed by atoms with Crippen LogP contribution < -0.4 is 16.0 Å². The van der Waals surface area contributed by atoms with Gasteiger partial charge < -0.3 is 15.1 Å². The van der Waals surface area contributed by atoms with E-state index in [1.807, 2.05) is 30.3 Å². The highest BCUT2D eigenvalue weighted by atomic mass is 16.3. The quantitative estimate of drug-likeness (QED) is 0.399. The van der Waals surface area contributed by atoms with Crippen LogP contribution in [0.15, 0.2) is 52.9 Å². The van der Waals surface area contributed by atoms with Gasteiger partial charge in [0.05, 0.1) is 6.54 Å². The van der Waals surface area contributed by atoms with Crippen molar-refractivity contribution in [3.8, 4) is 0 Å². The van der Waals surface area contributed by atoms with Crippen LogP contribution in [-0.4, -0.2) is 30.0 Å². The number of rotatable bonds is 7. The Labute approximate surface area is 178 Å². The van der Waals surface area contributed by atoms with Crippen molar-refractivity contribution in [2.75, 3.05) is 0 Å². The van der Waals surface area contributed by atoms with Gasteiger partial charge in [-0.1, -0.05) is 24.3 Å². The summed E-state index contributed by atoms with van der Waals surface area (Å²) in [5.74, 6) is -0.623. The second-order valence-corrected chi connectivity index (χ2v) is 7.37. The zero-order valence-corrected chi connectivity index (χ0v) is 16.6. The Kier molecular flexibility index (Phi) is 5.90. The van der Waals surface area contributed by atoms with Gasteiger partial charge >= 0.3 is 0 Å². The van der Waals surface area contributed by atoms with Crippen LogP contribution >= 0.6 is 0 Å². The van der Waals surface area contributed by atoms with Crippen molar-refractivity contribution >= 4 is 35.0 Å². The van der Waals surface area contributed by atoms with Crippen LogP contribution in [0.1, 0.15) is 44.9 Å². The van der Waals surface area contributed by atoms with E-state index in [-0.39, 0.29) is 29.9 Å². The van der Waals surface area contributed by atoms with Gasteiger partial charge in [-0.05, 0) is 36.2 Å². The lowest BCUT2D eigenvalue weighted by atomic mass is 10.0. The standard InChI is InChI=1S/C23H21N3O5/c27-13-16-9-14(11-24-12-17-10-15-3-1-2-4-20(15)31-17)5-6-18(16)22(29)25-19-7-8-21(28)26-23(19)30/h1-6,9-10,13,19,24H,7-8,11-12H2,(H,25,29)(H,26,28,30). The van der Waals surface area contributed by atoms with E-state index in [0.717, 1.165) is 22.3 Å². The van der Waals surface area contributed by atoms with Crippen molar-refractivity contribution in [2.24, 2.45) is 0 Å². The Morgan fingerprint density at radius 1 is 1.13 bits per heavy atom. The van der Waals surface area contributed by atoms with Crippen molar-refractivity contribution in [1.29, 1.82) is 0 Å². The number of imide groups is 1. The first-order valence-electron chi connectivity index (χ1n) is 9.94. The van der Waals surface area contributed by atoms with Crippen LogP contribution in [0.5, 0.6) is 0 Å². The lowest BCUT2D eigenvalue weighted by molar-refractivity contribution is -0.134. The number of amides is 3. The maximum atomic E-state index is 12.6. The van der Waals surface area contributed by atoms with Crippen LogP contribution in [-0.2, 0) is 22.7 Å². The lowest BCUT2D eigenvalue weighted by Gasteiger charge is -2.22. The molecule has 0 saturated carbocycles. The van der Waals surface area contributed by atoms with E-state index < -0.39 is 17.9 Å². The Hall–Kier alpha value is -3.78. The summed E-state index contributed by atoms with van der Waals surface area (Å²) in [4.78, 5) is 47.2. The molecule has 0 spiro atoms. The molecule has 0 bridgehead atoms. The van der Waals surface area contributed by atoms with Gasteiger partial charge in [0.25, 0.3) is 5.91 Å².